The lowest BCUT2D eigenvalue weighted by Crippen LogP contribution is -2.32. The van der Waals surface area contributed by atoms with Crippen LogP contribution in [0.3, 0.4) is 0 Å². The number of benzene rings is 1. The van der Waals surface area contributed by atoms with Crippen molar-refractivity contribution in [2.45, 2.75) is 33.3 Å². The molecule has 0 spiro atoms. The summed E-state index contributed by atoms with van der Waals surface area (Å²) < 4.78 is 5.45. The largest absolute Gasteiger partial charge is 0.467 e. The van der Waals surface area contributed by atoms with E-state index in [1.807, 2.05) is 27.7 Å². The van der Waals surface area contributed by atoms with Gasteiger partial charge in [0.2, 0.25) is 5.56 Å². The van der Waals surface area contributed by atoms with Gasteiger partial charge in [-0.05, 0) is 30.7 Å². The predicted octanol–water partition coefficient (Wildman–Crippen LogP) is 4.21. The topological polar surface area (TPSA) is 26.3 Å². The maximum absolute atomic E-state index is 11.9. The van der Waals surface area contributed by atoms with Gasteiger partial charge in [0.1, 0.15) is 5.75 Å². The van der Waals surface area contributed by atoms with Crippen LogP contribution < -0.4 is 4.74 Å². The van der Waals surface area contributed by atoms with Crippen molar-refractivity contribution in [3.8, 4) is 5.75 Å². The lowest BCUT2D eigenvalue weighted by molar-refractivity contribution is -0.130. The number of ketones is 1. The van der Waals surface area contributed by atoms with Crippen LogP contribution in [-0.2, 0) is 4.79 Å². The Morgan fingerprint density at radius 1 is 1.35 bits per heavy atom. The Labute approximate surface area is 112 Å². The van der Waals surface area contributed by atoms with E-state index in [0.717, 1.165) is 5.56 Å². The van der Waals surface area contributed by atoms with E-state index >= 15 is 0 Å². The first kappa shape index (κ1) is 14.3. The zero-order chi connectivity index (χ0) is 13.2. The van der Waals surface area contributed by atoms with Crippen LogP contribution in [0, 0.1) is 12.3 Å². The second-order valence-corrected chi connectivity index (χ2v) is 5.79. The fraction of sp³-hybridized carbons (Fsp3) is 0.462. The first-order chi connectivity index (χ1) is 7.71. The molecular weight excluding hydrogens is 259 g/mol. The molecule has 0 fully saturated rings. The number of rotatable bonds is 3. The third kappa shape index (κ3) is 3.90. The van der Waals surface area contributed by atoms with Crippen molar-refractivity contribution in [3.63, 3.8) is 0 Å². The van der Waals surface area contributed by atoms with Crippen LogP contribution in [0.15, 0.2) is 18.2 Å². The molecule has 0 aliphatic carbocycles. The molecule has 1 aromatic carbocycles. The van der Waals surface area contributed by atoms with Crippen molar-refractivity contribution in [3.05, 3.63) is 28.8 Å². The van der Waals surface area contributed by atoms with Crippen molar-refractivity contribution < 1.29 is 9.53 Å². The fourth-order valence-electron chi connectivity index (χ4n) is 1.25. The van der Waals surface area contributed by atoms with Crippen LogP contribution in [-0.4, -0.2) is 11.3 Å². The van der Waals surface area contributed by atoms with E-state index in [9.17, 15) is 4.79 Å². The summed E-state index contributed by atoms with van der Waals surface area (Å²) in [5, 5.41) is 0.628. The van der Waals surface area contributed by atoms with Crippen LogP contribution in [0.2, 0.25) is 5.02 Å². The van der Waals surface area contributed by atoms with Gasteiger partial charge < -0.3 is 4.74 Å². The average molecular weight is 275 g/mol. The number of carbonyl (C=O) groups excluding carboxylic acids is 1. The third-order valence-corrected chi connectivity index (χ3v) is 2.84. The predicted molar refractivity (Wildman–Crippen MR) is 70.9 cm³/mol. The van der Waals surface area contributed by atoms with E-state index in [4.69, 9.17) is 27.9 Å². The van der Waals surface area contributed by atoms with Gasteiger partial charge in [-0.3, -0.25) is 4.79 Å². The second kappa shape index (κ2) is 5.28. The molecule has 1 unspecified atom stereocenters. The summed E-state index contributed by atoms with van der Waals surface area (Å²) in [7, 11) is 0. The Morgan fingerprint density at radius 2 is 1.94 bits per heavy atom. The number of hydrogen-bond acceptors (Lipinski definition) is 2. The van der Waals surface area contributed by atoms with Gasteiger partial charge in [-0.25, -0.2) is 0 Å². The molecule has 0 saturated heterocycles. The molecule has 1 atom stereocenters. The molecule has 94 valence electrons. The Hall–Kier alpha value is -0.730. The smallest absolute Gasteiger partial charge is 0.230 e. The zero-order valence-corrected chi connectivity index (χ0v) is 11.9. The molecule has 0 amide bonds. The van der Waals surface area contributed by atoms with E-state index in [-0.39, 0.29) is 5.78 Å². The average Bonchev–Trinajstić information content (AvgIpc) is 2.19. The zero-order valence-electron chi connectivity index (χ0n) is 10.4. The van der Waals surface area contributed by atoms with Crippen LogP contribution in [0.4, 0.5) is 0 Å². The highest BCUT2D eigenvalue weighted by molar-refractivity contribution is 6.31. The molecule has 17 heavy (non-hydrogen) atoms. The minimum absolute atomic E-state index is 0.145. The van der Waals surface area contributed by atoms with Crippen molar-refractivity contribution in [2.75, 3.05) is 0 Å². The highest BCUT2D eigenvalue weighted by Gasteiger charge is 2.29. The second-order valence-electron chi connectivity index (χ2n) is 4.96. The van der Waals surface area contributed by atoms with Crippen molar-refractivity contribution in [1.82, 2.24) is 0 Å². The van der Waals surface area contributed by atoms with E-state index in [2.05, 4.69) is 0 Å². The molecule has 0 heterocycles. The minimum atomic E-state index is -0.977. The molecular formula is C13H16Cl2O2. The van der Waals surface area contributed by atoms with Crippen LogP contribution in [0.1, 0.15) is 26.3 Å². The Kier molecular flexibility index (Phi) is 4.45. The summed E-state index contributed by atoms with van der Waals surface area (Å²) in [4.78, 5) is 11.9. The highest BCUT2D eigenvalue weighted by Crippen LogP contribution is 2.26. The maximum Gasteiger partial charge on any atom is 0.230 e. The quantitative estimate of drug-likeness (QED) is 0.772. The Morgan fingerprint density at radius 3 is 2.41 bits per heavy atom. The van der Waals surface area contributed by atoms with Gasteiger partial charge in [0, 0.05) is 10.4 Å². The molecule has 0 radical (unpaired) electrons. The number of hydrogen-bond donors (Lipinski definition) is 0. The molecule has 1 rings (SSSR count). The van der Waals surface area contributed by atoms with Gasteiger partial charge in [0.05, 0.1) is 0 Å². The van der Waals surface area contributed by atoms with Crippen LogP contribution in [0.25, 0.3) is 0 Å². The van der Waals surface area contributed by atoms with Crippen molar-refractivity contribution in [1.29, 1.82) is 0 Å². The fourth-order valence-corrected chi connectivity index (χ4v) is 1.90. The molecule has 0 N–H and O–H groups in total. The van der Waals surface area contributed by atoms with Crippen molar-refractivity contribution in [2.24, 2.45) is 5.41 Å². The molecule has 0 aliphatic rings. The van der Waals surface area contributed by atoms with Gasteiger partial charge >= 0.3 is 0 Å². The molecule has 4 heteroatoms. The van der Waals surface area contributed by atoms with Gasteiger partial charge in [-0.15, -0.1) is 0 Å². The summed E-state index contributed by atoms with van der Waals surface area (Å²) in [6.45, 7) is 7.28. The van der Waals surface area contributed by atoms with Crippen LogP contribution in [0.5, 0.6) is 5.75 Å². The molecule has 0 saturated carbocycles. The summed E-state index contributed by atoms with van der Waals surface area (Å²) in [6, 6.07) is 5.18. The lowest BCUT2D eigenvalue weighted by atomic mass is 9.91. The number of ether oxygens (including phenoxy) is 1. The van der Waals surface area contributed by atoms with Gasteiger partial charge in [0.25, 0.3) is 0 Å². The first-order valence-electron chi connectivity index (χ1n) is 5.33. The van der Waals surface area contributed by atoms with E-state index in [0.29, 0.717) is 10.8 Å². The summed E-state index contributed by atoms with van der Waals surface area (Å²) in [6.07, 6.45) is 0. The first-order valence-corrected chi connectivity index (χ1v) is 6.14. The van der Waals surface area contributed by atoms with Crippen LogP contribution >= 0.6 is 23.2 Å². The molecule has 0 bridgehead atoms. The summed E-state index contributed by atoms with van der Waals surface area (Å²) in [5.74, 6) is 0.431. The number of aryl methyl sites for hydroxylation is 1. The number of halogens is 2. The SMILES string of the molecule is Cc1cc(Cl)ccc1OC(Cl)C(=O)C(C)(C)C. The third-order valence-electron chi connectivity index (χ3n) is 2.31. The highest BCUT2D eigenvalue weighted by atomic mass is 35.5. The van der Waals surface area contributed by atoms with Crippen molar-refractivity contribution >= 4 is 29.0 Å². The molecule has 1 aromatic rings. The summed E-state index contributed by atoms with van der Waals surface area (Å²) >= 11 is 11.8. The Balaban J connectivity index is 2.81. The van der Waals surface area contributed by atoms with E-state index < -0.39 is 11.0 Å². The number of carbonyl (C=O) groups is 1. The maximum atomic E-state index is 11.9. The van der Waals surface area contributed by atoms with Gasteiger partial charge in [0.15, 0.2) is 5.78 Å². The van der Waals surface area contributed by atoms with E-state index in [1.165, 1.54) is 0 Å². The minimum Gasteiger partial charge on any atom is -0.467 e. The summed E-state index contributed by atoms with van der Waals surface area (Å²) in [5.41, 5.74) is -0.646. The van der Waals surface area contributed by atoms with Gasteiger partial charge in [-0.2, -0.15) is 0 Å². The van der Waals surface area contributed by atoms with Gasteiger partial charge in [-0.1, -0.05) is 44.0 Å². The standard InChI is InChI=1S/C13H16Cl2O2/c1-8-7-9(14)5-6-10(8)17-12(15)11(16)13(2,3)4/h5-7,12H,1-4H3. The normalized spacial score (nSPS) is 13.3. The molecule has 2 nitrogen and oxygen atoms in total. The number of Topliss-reactive ketones (excluding diaryl/α,β-unsaturated/α-hetero) is 1. The Bertz CT molecular complexity index is 422. The lowest BCUT2D eigenvalue weighted by Gasteiger charge is -2.21. The monoisotopic (exact) mass is 274 g/mol. The van der Waals surface area contributed by atoms with E-state index in [1.54, 1.807) is 18.2 Å². The number of alkyl halides is 1. The molecule has 0 aliphatic heterocycles. The molecule has 0 aromatic heterocycles.